The van der Waals surface area contributed by atoms with Gasteiger partial charge < -0.3 is 9.47 Å². The number of rotatable bonds is 43. The number of esters is 2. The van der Waals surface area contributed by atoms with Gasteiger partial charge in [0, 0.05) is 36.8 Å². The summed E-state index contributed by atoms with van der Waals surface area (Å²) in [5, 5.41) is -11.5. The molecule has 0 radical (unpaired) electrons. The van der Waals surface area contributed by atoms with Gasteiger partial charge in [-0.3, -0.25) is 0 Å². The number of hydrogen-bond donors (Lipinski definition) is 0. The Hall–Kier alpha value is -7.55. The molecule has 0 amide bonds. The van der Waals surface area contributed by atoms with Crippen molar-refractivity contribution in [1.29, 1.82) is 0 Å². The molecule has 0 unspecified atom stereocenters. The Morgan fingerprint density at radius 2 is 0.338 bits per heavy atom. The fourth-order valence-electron chi connectivity index (χ4n) is 13.7. The predicted molar refractivity (Wildman–Crippen MR) is 378 cm³/mol. The molecule has 0 aliphatic heterocycles. The van der Waals surface area contributed by atoms with Gasteiger partial charge in [-0.15, -0.1) is 0 Å². The van der Waals surface area contributed by atoms with Gasteiger partial charge in [0.25, 0.3) is 0 Å². The molecule has 76 heteroatoms. The highest BCUT2D eigenvalue weighted by Gasteiger charge is 3.01. The molecule has 4 aromatic carbocycles. The zero-order chi connectivity index (χ0) is 119. The topological polar surface area (TPSA) is 52.6 Å². The first kappa shape index (κ1) is 133. The van der Waals surface area contributed by atoms with Crippen LogP contribution in [0.15, 0.2) is 48.5 Å². The lowest BCUT2D eigenvalue weighted by Crippen LogP contribution is -2.74. The molecular weight excluding hydrogens is 2330 g/mol. The van der Waals surface area contributed by atoms with E-state index in [1.165, 1.54) is 0 Å². The van der Waals surface area contributed by atoms with Gasteiger partial charge >= 0.3 is 202 Å². The molecule has 0 aliphatic carbocycles. The van der Waals surface area contributed by atoms with Crippen molar-refractivity contribution < 1.29 is 318 Å². The highest BCUT2D eigenvalue weighted by molar-refractivity contribution is 6.93. The van der Waals surface area contributed by atoms with Gasteiger partial charge in [0.2, 0.25) is 0 Å². The van der Waals surface area contributed by atoms with Crippen molar-refractivity contribution in [3.63, 3.8) is 0 Å². The summed E-state index contributed by atoms with van der Waals surface area (Å²) in [6.07, 6.45) is -47.6. The highest BCUT2D eigenvalue weighted by atomic mass is 28.3. The van der Waals surface area contributed by atoms with E-state index in [2.05, 4.69) is 9.47 Å². The fourth-order valence-corrected chi connectivity index (χ4v) is 23.7. The van der Waals surface area contributed by atoms with E-state index in [-0.39, 0.29) is 88.9 Å². The third-order valence-corrected chi connectivity index (χ3v) is 37.3. The standard InChI is InChI=1S/C72H54F68O4Si4/c1-143-39(141)33-25-35(147(7,8)21-17-43(77,78)47(85,86)51(93,94)55(101,102)59(109,110)63(117,118)67(125,126)71(135,136)137)31-23-27(145(3,4)19-15-41(73,74)45(81,82)49(89,90)53(97,98)57(105,106)61(113,114)65(121,122)69(129,130)131)11-13-29(31)37(33)38-30-14-12-28(146(5,6)20-16-42(75,76)46(83,84)50(91,92)54(99,100)58(107,108)62(115,116)66(123,124)70(132,133)134)24-32(30)36(26-34(38)40(142)144-2)148(9,10)22-18-44(79,80)48(87,88)52(95,96)56(103,104)60(111,112)64(119,120)68(127,128)72(138,139)140/h11-14,23-26H,15-22H2,1-10H3. The molecule has 0 spiro atoms. The number of methoxy groups -OCH3 is 2. The summed E-state index contributed by atoms with van der Waals surface area (Å²) in [6, 6.07) is -9.65. The number of alkyl halides is 68. The Labute approximate surface area is 780 Å². The number of benzene rings is 4. The van der Waals surface area contributed by atoms with E-state index >= 15 is 123 Å². The first-order valence-electron chi connectivity index (χ1n) is 38.2. The van der Waals surface area contributed by atoms with Crippen LogP contribution in [0.5, 0.6) is 0 Å². The van der Waals surface area contributed by atoms with Gasteiger partial charge in [0.1, 0.15) is 0 Å². The lowest BCUT2D eigenvalue weighted by atomic mass is 9.86. The maximum absolute atomic E-state index is 16.1. The Morgan fingerprint density at radius 3 is 0.486 bits per heavy atom. The van der Waals surface area contributed by atoms with Gasteiger partial charge in [-0.2, -0.15) is 299 Å². The van der Waals surface area contributed by atoms with E-state index in [9.17, 15) is 185 Å². The van der Waals surface area contributed by atoms with Crippen molar-refractivity contribution in [3.05, 3.63) is 59.7 Å². The largest absolute Gasteiger partial charge is 0.465 e. The average molecular weight is 2390 g/mol. The van der Waals surface area contributed by atoms with Crippen LogP contribution in [-0.2, 0) is 9.47 Å². The third-order valence-electron chi connectivity index (χ3n) is 23.8. The molecule has 4 nitrogen and oxygen atoms in total. The van der Waals surface area contributed by atoms with Crippen LogP contribution in [0.1, 0.15) is 46.4 Å². The summed E-state index contributed by atoms with van der Waals surface area (Å²) in [4.78, 5) is 29.2. The molecule has 148 heavy (non-hydrogen) atoms. The highest BCUT2D eigenvalue weighted by Crippen LogP contribution is 2.72. The van der Waals surface area contributed by atoms with Crippen LogP contribution in [0, 0.1) is 0 Å². The maximum atomic E-state index is 16.1. The Kier molecular flexibility index (Phi) is 33.3. The summed E-state index contributed by atoms with van der Waals surface area (Å²) in [5.41, 5.74) is -6.89. The zero-order valence-corrected chi connectivity index (χ0v) is 76.6. The van der Waals surface area contributed by atoms with E-state index in [1.54, 1.807) is 0 Å². The normalized spacial score (nSPS) is 16.2. The minimum atomic E-state index is -9.40. The van der Waals surface area contributed by atoms with Gasteiger partial charge in [0.15, 0.2) is 0 Å². The molecule has 0 aromatic heterocycles. The molecule has 858 valence electrons. The number of hydrogen-bond acceptors (Lipinski definition) is 4. The van der Waals surface area contributed by atoms with Crippen LogP contribution in [0.2, 0.25) is 76.6 Å². The van der Waals surface area contributed by atoms with Gasteiger partial charge in [0.05, 0.1) is 57.6 Å². The van der Waals surface area contributed by atoms with Gasteiger partial charge in [-0.1, -0.05) is 110 Å². The molecule has 4 aromatic rings. The number of carbonyl (C=O) groups is 2. The lowest BCUT2D eigenvalue weighted by Gasteiger charge is -2.43. The van der Waals surface area contributed by atoms with Crippen molar-refractivity contribution in [2.45, 2.75) is 293 Å². The molecule has 0 aliphatic rings. The van der Waals surface area contributed by atoms with E-state index in [4.69, 9.17) is 0 Å². The number of fused-ring (bicyclic) bond motifs is 2. The Balaban J connectivity index is 2.48. The van der Waals surface area contributed by atoms with Crippen molar-refractivity contribution >= 4 is 86.5 Å². The van der Waals surface area contributed by atoms with Crippen LogP contribution in [0.3, 0.4) is 0 Å². The summed E-state index contributed by atoms with van der Waals surface area (Å²) in [7, 11) is -21.9. The van der Waals surface area contributed by atoms with Crippen molar-refractivity contribution in [2.75, 3.05) is 14.2 Å². The van der Waals surface area contributed by atoms with Crippen molar-refractivity contribution in [2.24, 2.45) is 0 Å². The Morgan fingerprint density at radius 1 is 0.196 bits per heavy atom. The quantitative estimate of drug-likeness (QED) is 0.0252. The smallest absolute Gasteiger partial charge is 0.460 e. The first-order chi connectivity index (χ1) is 63.9. The minimum absolute atomic E-state index is 0.0269. The zero-order valence-electron chi connectivity index (χ0n) is 72.6. The molecule has 4 rings (SSSR count). The molecule has 0 fully saturated rings. The maximum Gasteiger partial charge on any atom is 0.460 e. The van der Waals surface area contributed by atoms with E-state index in [0.29, 0.717) is 26.2 Å². The van der Waals surface area contributed by atoms with E-state index < -0.39 is 349 Å². The second-order valence-corrected chi connectivity index (χ2v) is 54.6. The fraction of sp³-hybridized carbons (Fsp3) is 0.694. The number of halogens is 68. The second kappa shape index (κ2) is 37.1. The van der Waals surface area contributed by atoms with Crippen LogP contribution in [0.25, 0.3) is 32.7 Å². The molecule has 0 saturated heterocycles. The molecular formula is C72H54F68O4Si4. The lowest BCUT2D eigenvalue weighted by molar-refractivity contribution is -0.461. The second-order valence-electron chi connectivity index (χ2n) is 35.3. The SMILES string of the molecule is COC(=O)c1cc([Si](C)(C)CCC(F)(F)C(F)(F)C(F)(F)C(F)(F)C(F)(F)C(F)(F)C(F)(F)C(F)(F)F)c2cc([Si](C)(C)CCC(F)(F)C(F)(F)C(F)(F)C(F)(F)C(F)(F)C(F)(F)C(F)(F)C(F)(F)F)ccc2c1-c1c(C(=O)OC)cc([Si](C)(C)CCC(F)(F)C(F)(F)C(F)(F)C(F)(F)C(F)(F)C(F)(F)C(F)(F)C(F)(F)F)c2cc([Si](C)(C)CCC(F)(F)C(F)(F)C(F)(F)C(F)(F)C(F)(F)C(F)(F)C(F)(F)C(F)(F)F)ccc12. The number of ether oxygens (including phenoxy) is 2. The monoisotopic (exact) mass is 2390 g/mol. The van der Waals surface area contributed by atoms with Gasteiger partial charge in [-0.05, 0) is 57.9 Å². The predicted octanol–water partition coefficient (Wildman–Crippen LogP) is 30.5. The summed E-state index contributed by atoms with van der Waals surface area (Å²) >= 11 is 0. The van der Waals surface area contributed by atoms with E-state index in [1.807, 2.05) is 0 Å². The van der Waals surface area contributed by atoms with Crippen molar-refractivity contribution in [1.82, 2.24) is 0 Å². The first-order valence-corrected chi connectivity index (χ1v) is 51.0. The summed E-state index contributed by atoms with van der Waals surface area (Å²) < 4.78 is 998. The van der Waals surface area contributed by atoms with Crippen molar-refractivity contribution in [3.8, 4) is 11.1 Å². The molecule has 0 bridgehead atoms. The van der Waals surface area contributed by atoms with E-state index in [0.717, 1.165) is 0 Å². The van der Waals surface area contributed by atoms with Crippen LogP contribution >= 0.6 is 0 Å². The summed E-state index contributed by atoms with van der Waals surface area (Å²) in [5.74, 6) is -253. The van der Waals surface area contributed by atoms with Gasteiger partial charge in [-0.25, -0.2) is 9.59 Å². The van der Waals surface area contributed by atoms with Crippen LogP contribution < -0.4 is 20.7 Å². The molecule has 0 saturated carbocycles. The number of carbonyl (C=O) groups excluding carboxylic acids is 2. The molecule has 0 heterocycles. The van der Waals surface area contributed by atoms with Crippen LogP contribution in [-0.4, -0.2) is 249 Å². The van der Waals surface area contributed by atoms with Crippen LogP contribution in [0.4, 0.5) is 299 Å². The molecule has 0 N–H and O–H groups in total. The summed E-state index contributed by atoms with van der Waals surface area (Å²) in [6.45, 7) is 1.96. The third kappa shape index (κ3) is 19.1. The average Bonchev–Trinajstić information content (AvgIpc) is 0.700. The molecule has 0 atom stereocenters. The Bertz CT molecular complexity index is 5200. The minimum Gasteiger partial charge on any atom is -0.465 e.